The van der Waals surface area contributed by atoms with Crippen LogP contribution in [-0.4, -0.2) is 22.1 Å². The van der Waals surface area contributed by atoms with Crippen molar-refractivity contribution in [3.05, 3.63) is 57.0 Å². The van der Waals surface area contributed by atoms with Gasteiger partial charge in [-0.15, -0.1) is 11.3 Å². The zero-order chi connectivity index (χ0) is 16.7. The summed E-state index contributed by atoms with van der Waals surface area (Å²) in [6.07, 6.45) is 0. The lowest BCUT2D eigenvalue weighted by Gasteiger charge is -2.05. The van der Waals surface area contributed by atoms with Crippen molar-refractivity contribution in [3.8, 4) is 11.5 Å². The van der Waals surface area contributed by atoms with Crippen molar-refractivity contribution < 1.29 is 19.0 Å². The Bertz CT molecular complexity index is 1010. The first-order valence-corrected chi connectivity index (χ1v) is 8.03. The maximum Gasteiger partial charge on any atom is 0.338 e. The Morgan fingerprint density at radius 2 is 2.17 bits per heavy atom. The fourth-order valence-corrected chi connectivity index (χ4v) is 3.31. The van der Waals surface area contributed by atoms with Crippen molar-refractivity contribution in [2.45, 2.75) is 13.5 Å². The average Bonchev–Trinajstić information content (AvgIpc) is 3.18. The summed E-state index contributed by atoms with van der Waals surface area (Å²) in [4.78, 5) is 29.1. The highest BCUT2D eigenvalue weighted by molar-refractivity contribution is 7.15. The Morgan fingerprint density at radius 3 is 3.04 bits per heavy atom. The maximum atomic E-state index is 12.1. The fourth-order valence-electron chi connectivity index (χ4n) is 2.42. The van der Waals surface area contributed by atoms with Crippen molar-refractivity contribution in [3.63, 3.8) is 0 Å². The third-order valence-electron chi connectivity index (χ3n) is 3.59. The molecule has 122 valence electrons. The molecular formula is C16H12N2O5S. The SMILES string of the molecule is Cc1csc2nc(COC(=O)c3ccc4c(c3)OCO4)cc(=O)n12. The minimum absolute atomic E-state index is 0.0734. The van der Waals surface area contributed by atoms with Crippen molar-refractivity contribution in [2.75, 3.05) is 6.79 Å². The molecule has 7 nitrogen and oxygen atoms in total. The van der Waals surface area contributed by atoms with Crippen LogP contribution < -0.4 is 15.0 Å². The highest BCUT2D eigenvalue weighted by Crippen LogP contribution is 2.32. The Labute approximate surface area is 140 Å². The van der Waals surface area contributed by atoms with E-state index >= 15 is 0 Å². The number of hydrogen-bond donors (Lipinski definition) is 0. The molecule has 1 aliphatic rings. The summed E-state index contributed by atoms with van der Waals surface area (Å²) < 4.78 is 17.2. The second kappa shape index (κ2) is 5.64. The van der Waals surface area contributed by atoms with Crippen LogP contribution >= 0.6 is 11.3 Å². The molecule has 0 fully saturated rings. The molecule has 0 saturated heterocycles. The quantitative estimate of drug-likeness (QED) is 0.678. The molecule has 1 aliphatic heterocycles. The summed E-state index contributed by atoms with van der Waals surface area (Å²) in [6, 6.07) is 6.20. The van der Waals surface area contributed by atoms with Crippen LogP contribution in [0, 0.1) is 6.92 Å². The normalized spacial score (nSPS) is 12.5. The second-order valence-corrected chi connectivity index (χ2v) is 6.06. The average molecular weight is 344 g/mol. The molecule has 0 spiro atoms. The Balaban J connectivity index is 1.52. The number of carbonyl (C=O) groups is 1. The molecule has 1 aromatic carbocycles. The van der Waals surface area contributed by atoms with E-state index in [1.165, 1.54) is 21.8 Å². The number of benzene rings is 1. The molecule has 0 bridgehead atoms. The van der Waals surface area contributed by atoms with Gasteiger partial charge in [0.25, 0.3) is 5.56 Å². The molecule has 24 heavy (non-hydrogen) atoms. The summed E-state index contributed by atoms with van der Waals surface area (Å²) in [5.41, 5.74) is 1.41. The molecule has 8 heteroatoms. The molecule has 0 saturated carbocycles. The summed E-state index contributed by atoms with van der Waals surface area (Å²) in [5, 5.41) is 1.85. The van der Waals surface area contributed by atoms with Crippen LogP contribution in [0.15, 0.2) is 34.4 Å². The third-order valence-corrected chi connectivity index (χ3v) is 4.53. The first-order chi connectivity index (χ1) is 11.6. The molecular weight excluding hydrogens is 332 g/mol. The zero-order valence-corrected chi connectivity index (χ0v) is 13.5. The fraction of sp³-hybridized carbons (Fsp3) is 0.188. The van der Waals surface area contributed by atoms with Crippen molar-refractivity contribution in [1.82, 2.24) is 9.38 Å². The minimum atomic E-state index is -0.516. The van der Waals surface area contributed by atoms with Crippen LogP contribution in [0.3, 0.4) is 0 Å². The number of nitrogens with zero attached hydrogens (tertiary/aromatic N) is 2. The summed E-state index contributed by atoms with van der Waals surface area (Å²) >= 11 is 1.37. The van der Waals surface area contributed by atoms with E-state index in [2.05, 4.69) is 4.98 Å². The number of rotatable bonds is 3. The molecule has 3 heterocycles. The smallest absolute Gasteiger partial charge is 0.338 e. The van der Waals surface area contributed by atoms with E-state index < -0.39 is 5.97 Å². The van der Waals surface area contributed by atoms with Gasteiger partial charge >= 0.3 is 5.97 Å². The number of ether oxygens (including phenoxy) is 3. The van der Waals surface area contributed by atoms with Crippen LogP contribution in [0.5, 0.6) is 11.5 Å². The maximum absolute atomic E-state index is 12.1. The van der Waals surface area contributed by atoms with Gasteiger partial charge in [-0.2, -0.15) is 0 Å². The lowest BCUT2D eigenvalue weighted by Crippen LogP contribution is -2.16. The van der Waals surface area contributed by atoms with E-state index in [0.717, 1.165) is 5.69 Å². The molecule has 0 atom stereocenters. The highest BCUT2D eigenvalue weighted by atomic mass is 32.1. The molecule has 0 unspecified atom stereocenters. The van der Waals surface area contributed by atoms with E-state index in [1.54, 1.807) is 18.2 Å². The second-order valence-electron chi connectivity index (χ2n) is 5.22. The predicted octanol–water partition coefficient (Wildman–Crippen LogP) is 2.15. The monoisotopic (exact) mass is 344 g/mol. The van der Waals surface area contributed by atoms with Crippen LogP contribution in [0.25, 0.3) is 4.96 Å². The molecule has 0 amide bonds. The number of esters is 1. The Hall–Kier alpha value is -2.87. The lowest BCUT2D eigenvalue weighted by atomic mass is 10.2. The predicted molar refractivity (Wildman–Crippen MR) is 85.8 cm³/mol. The lowest BCUT2D eigenvalue weighted by molar-refractivity contribution is 0.0467. The third kappa shape index (κ3) is 2.50. The molecule has 4 rings (SSSR count). The van der Waals surface area contributed by atoms with Crippen LogP contribution in [-0.2, 0) is 11.3 Å². The van der Waals surface area contributed by atoms with Crippen LogP contribution in [0.1, 0.15) is 21.7 Å². The standard InChI is InChI=1S/C16H12N2O5S/c1-9-7-24-16-17-11(5-14(19)18(9)16)6-21-15(20)10-2-3-12-13(4-10)23-8-22-12/h2-5,7H,6,8H2,1H3. The van der Waals surface area contributed by atoms with E-state index in [4.69, 9.17) is 14.2 Å². The molecule has 0 N–H and O–H groups in total. The molecule has 2 aromatic heterocycles. The number of thiazole rings is 1. The van der Waals surface area contributed by atoms with Crippen LogP contribution in [0.2, 0.25) is 0 Å². The van der Waals surface area contributed by atoms with Gasteiger partial charge < -0.3 is 14.2 Å². The van der Waals surface area contributed by atoms with E-state index in [9.17, 15) is 9.59 Å². The van der Waals surface area contributed by atoms with Gasteiger partial charge in [0, 0.05) is 17.1 Å². The van der Waals surface area contributed by atoms with E-state index in [0.29, 0.717) is 27.7 Å². The van der Waals surface area contributed by atoms with Crippen molar-refractivity contribution in [2.24, 2.45) is 0 Å². The van der Waals surface area contributed by atoms with Gasteiger partial charge in [0.15, 0.2) is 16.5 Å². The molecule has 0 radical (unpaired) electrons. The van der Waals surface area contributed by atoms with Gasteiger partial charge in [-0.05, 0) is 25.1 Å². The Kier molecular flexibility index (Phi) is 3.46. The first-order valence-electron chi connectivity index (χ1n) is 7.15. The number of aryl methyl sites for hydroxylation is 1. The number of carbonyl (C=O) groups excluding carboxylic acids is 1. The molecule has 3 aromatic rings. The van der Waals surface area contributed by atoms with Gasteiger partial charge in [-0.3, -0.25) is 9.20 Å². The summed E-state index contributed by atoms with van der Waals surface area (Å²) in [7, 11) is 0. The van der Waals surface area contributed by atoms with Gasteiger partial charge in [0.2, 0.25) is 6.79 Å². The topological polar surface area (TPSA) is 79.1 Å². The molecule has 0 aliphatic carbocycles. The van der Waals surface area contributed by atoms with Crippen molar-refractivity contribution in [1.29, 1.82) is 0 Å². The van der Waals surface area contributed by atoms with E-state index in [1.807, 2.05) is 12.3 Å². The van der Waals surface area contributed by atoms with Gasteiger partial charge in [-0.1, -0.05) is 0 Å². The highest BCUT2D eigenvalue weighted by Gasteiger charge is 2.17. The van der Waals surface area contributed by atoms with Gasteiger partial charge in [-0.25, -0.2) is 9.78 Å². The zero-order valence-electron chi connectivity index (χ0n) is 12.6. The minimum Gasteiger partial charge on any atom is -0.456 e. The largest absolute Gasteiger partial charge is 0.456 e. The van der Waals surface area contributed by atoms with Crippen molar-refractivity contribution >= 4 is 22.3 Å². The summed E-state index contributed by atoms with van der Waals surface area (Å²) in [5.74, 6) is 0.591. The van der Waals surface area contributed by atoms with Gasteiger partial charge in [0.05, 0.1) is 11.3 Å². The first kappa shape index (κ1) is 14.7. The number of aromatic nitrogens is 2. The van der Waals surface area contributed by atoms with E-state index in [-0.39, 0.29) is 19.0 Å². The van der Waals surface area contributed by atoms with Crippen LogP contribution in [0.4, 0.5) is 0 Å². The summed E-state index contributed by atoms with van der Waals surface area (Å²) in [6.45, 7) is 1.91. The van der Waals surface area contributed by atoms with Gasteiger partial charge in [0.1, 0.15) is 6.61 Å². The Morgan fingerprint density at radius 1 is 1.33 bits per heavy atom. The number of hydrogen-bond acceptors (Lipinski definition) is 7. The number of fused-ring (bicyclic) bond motifs is 2.